The maximum Gasteiger partial charge on any atom is 0.320 e. The Morgan fingerprint density at radius 1 is 1.12 bits per heavy atom. The number of aliphatic imine (C=N–C) groups is 1. The molecule has 0 radical (unpaired) electrons. The summed E-state index contributed by atoms with van der Waals surface area (Å²) in [6, 6.07) is 6.87. The first-order valence-corrected chi connectivity index (χ1v) is 13.2. The molecule has 1 aromatic carbocycles. The Kier molecular flexibility index (Phi) is 9.42. The topological polar surface area (TPSA) is 191 Å². The number of benzene rings is 1. The number of aromatic nitrogens is 6. The van der Waals surface area contributed by atoms with Crippen molar-refractivity contribution in [3.63, 3.8) is 0 Å². The predicted molar refractivity (Wildman–Crippen MR) is 161 cm³/mol. The van der Waals surface area contributed by atoms with E-state index in [1.165, 1.54) is 0 Å². The fourth-order valence-electron chi connectivity index (χ4n) is 3.81. The van der Waals surface area contributed by atoms with Crippen molar-refractivity contribution in [3.05, 3.63) is 42.4 Å². The molecule has 0 fully saturated rings. The summed E-state index contributed by atoms with van der Waals surface area (Å²) in [5.74, 6) is 1.94. The Bertz CT molecular complexity index is 1560. The second-order valence-electron chi connectivity index (χ2n) is 10.1. The van der Waals surface area contributed by atoms with E-state index in [4.69, 9.17) is 32.0 Å². The number of carbonyl (C=O) groups is 1. The molecule has 0 aliphatic carbocycles. The first-order chi connectivity index (χ1) is 20.1. The number of anilines is 2. The Morgan fingerprint density at radius 2 is 1.86 bits per heavy atom. The van der Waals surface area contributed by atoms with Crippen LogP contribution in [0, 0.1) is 0 Å². The number of nitrogens with one attached hydrogen (secondary N) is 4. The second kappa shape index (κ2) is 13.2. The van der Waals surface area contributed by atoms with E-state index in [0.29, 0.717) is 65.2 Å². The minimum atomic E-state index is -0.455. The van der Waals surface area contributed by atoms with Crippen molar-refractivity contribution in [2.24, 2.45) is 10.7 Å². The number of hydrogen-bond donors (Lipinski definition) is 5. The standard InChI is InChI=1S/C26H33ClN12O3/c1-26(2,3)35-25(40)34-22-20(15-8-18(41-4)11-19(9-15)42-5)10-16-12-30-24(33-21(16)32-22)31-13-17-14-39(38-37-17)7-6-29-23(28)36-27/h8-12,14H,6-7,13H2,1-5H3,(H3,28,29,36)(H3,30,31,32,33,34,35,40). The summed E-state index contributed by atoms with van der Waals surface area (Å²) < 4.78 is 12.5. The number of rotatable bonds is 10. The summed E-state index contributed by atoms with van der Waals surface area (Å²) in [4.78, 5) is 32.8. The number of guanidine groups is 1. The van der Waals surface area contributed by atoms with Gasteiger partial charge in [0.05, 0.1) is 40.1 Å². The van der Waals surface area contributed by atoms with Crippen LogP contribution in [0.1, 0.15) is 26.5 Å². The molecule has 222 valence electrons. The largest absolute Gasteiger partial charge is 0.497 e. The maximum absolute atomic E-state index is 12.8. The van der Waals surface area contributed by atoms with Gasteiger partial charge in [-0.15, -0.1) is 5.10 Å². The lowest BCUT2D eigenvalue weighted by Gasteiger charge is -2.21. The Labute approximate surface area is 247 Å². The van der Waals surface area contributed by atoms with Crippen molar-refractivity contribution in [3.8, 4) is 22.6 Å². The van der Waals surface area contributed by atoms with Gasteiger partial charge in [0.1, 0.15) is 23.0 Å². The fourth-order valence-corrected chi connectivity index (χ4v) is 3.87. The van der Waals surface area contributed by atoms with Crippen molar-refractivity contribution in [2.75, 3.05) is 31.4 Å². The SMILES string of the molecule is COc1cc(OC)cc(-c2cc3cnc(NCc4cn(CCN=C(N)NCl)nn4)nc3nc2NC(=O)NC(C)(C)C)c1. The molecule has 6 N–H and O–H groups in total. The highest BCUT2D eigenvalue weighted by molar-refractivity contribution is 6.21. The van der Waals surface area contributed by atoms with Gasteiger partial charge in [0.15, 0.2) is 5.65 Å². The molecule has 0 bridgehead atoms. The Hall–Kier alpha value is -4.92. The van der Waals surface area contributed by atoms with E-state index in [9.17, 15) is 4.79 Å². The molecular weight excluding hydrogens is 564 g/mol. The van der Waals surface area contributed by atoms with E-state index < -0.39 is 11.6 Å². The third-order valence-corrected chi connectivity index (χ3v) is 5.87. The molecule has 0 saturated heterocycles. The van der Waals surface area contributed by atoms with Gasteiger partial charge in [0.25, 0.3) is 0 Å². The first kappa shape index (κ1) is 30.0. The van der Waals surface area contributed by atoms with Crippen LogP contribution in [0.3, 0.4) is 0 Å². The summed E-state index contributed by atoms with van der Waals surface area (Å²) in [5.41, 5.74) is 7.47. The van der Waals surface area contributed by atoms with Crippen LogP contribution in [0.25, 0.3) is 22.2 Å². The van der Waals surface area contributed by atoms with Crippen molar-refractivity contribution < 1.29 is 14.3 Å². The van der Waals surface area contributed by atoms with E-state index in [1.807, 2.05) is 39.0 Å². The molecule has 2 amide bonds. The molecule has 0 unspecified atom stereocenters. The summed E-state index contributed by atoms with van der Waals surface area (Å²) in [7, 11) is 3.14. The van der Waals surface area contributed by atoms with E-state index >= 15 is 0 Å². The molecule has 15 nitrogen and oxygen atoms in total. The number of ether oxygens (including phenoxy) is 2. The molecule has 0 saturated carbocycles. The van der Waals surface area contributed by atoms with Gasteiger partial charge >= 0.3 is 6.03 Å². The van der Waals surface area contributed by atoms with Crippen LogP contribution in [-0.2, 0) is 13.1 Å². The number of pyridine rings is 1. The highest BCUT2D eigenvalue weighted by Gasteiger charge is 2.19. The molecule has 0 atom stereocenters. The normalized spacial score (nSPS) is 11.7. The zero-order valence-electron chi connectivity index (χ0n) is 23.9. The average Bonchev–Trinajstić information content (AvgIpc) is 3.41. The number of hydrogen-bond acceptors (Lipinski definition) is 10. The predicted octanol–water partition coefficient (Wildman–Crippen LogP) is 2.89. The third-order valence-electron chi connectivity index (χ3n) is 5.67. The number of methoxy groups -OCH3 is 2. The smallest absolute Gasteiger partial charge is 0.320 e. The lowest BCUT2D eigenvalue weighted by atomic mass is 10.0. The number of amides is 2. The van der Waals surface area contributed by atoms with Crippen molar-refractivity contribution >= 4 is 46.6 Å². The summed E-state index contributed by atoms with van der Waals surface area (Å²) in [5, 5.41) is 17.8. The van der Waals surface area contributed by atoms with Crippen LogP contribution in [0.2, 0.25) is 0 Å². The molecule has 3 heterocycles. The van der Waals surface area contributed by atoms with Crippen molar-refractivity contribution in [2.45, 2.75) is 39.4 Å². The van der Waals surface area contributed by atoms with Crippen LogP contribution in [0.5, 0.6) is 11.5 Å². The molecule has 4 rings (SSSR count). The molecule has 0 aliphatic heterocycles. The lowest BCUT2D eigenvalue weighted by Crippen LogP contribution is -2.43. The second-order valence-corrected chi connectivity index (χ2v) is 10.3. The van der Waals surface area contributed by atoms with Gasteiger partial charge in [-0.25, -0.2) is 14.8 Å². The van der Waals surface area contributed by atoms with Gasteiger partial charge in [-0.3, -0.25) is 19.8 Å². The number of nitrogens with zero attached hydrogens (tertiary/aromatic N) is 7. The van der Waals surface area contributed by atoms with Crippen molar-refractivity contribution in [1.82, 2.24) is 40.1 Å². The number of urea groups is 1. The monoisotopic (exact) mass is 596 g/mol. The summed E-state index contributed by atoms with van der Waals surface area (Å²) in [6.45, 7) is 6.85. The maximum atomic E-state index is 12.8. The van der Waals surface area contributed by atoms with Gasteiger partial charge < -0.3 is 25.8 Å². The molecule has 0 aliphatic rings. The van der Waals surface area contributed by atoms with Gasteiger partial charge in [-0.2, -0.15) is 4.98 Å². The third kappa shape index (κ3) is 8.06. The molecule has 0 spiro atoms. The summed E-state index contributed by atoms with van der Waals surface area (Å²) in [6.07, 6.45) is 3.43. The van der Waals surface area contributed by atoms with Gasteiger partial charge in [-0.05, 0) is 44.5 Å². The Balaban J connectivity index is 1.60. The average molecular weight is 597 g/mol. The highest BCUT2D eigenvalue weighted by Crippen LogP contribution is 2.35. The van der Waals surface area contributed by atoms with Crippen LogP contribution in [0.15, 0.2) is 41.7 Å². The van der Waals surface area contributed by atoms with E-state index in [1.54, 1.807) is 37.4 Å². The molecule has 3 aromatic heterocycles. The van der Waals surface area contributed by atoms with Crippen molar-refractivity contribution in [1.29, 1.82) is 0 Å². The minimum Gasteiger partial charge on any atom is -0.497 e. The van der Waals surface area contributed by atoms with Crippen LogP contribution < -0.4 is 36.0 Å². The van der Waals surface area contributed by atoms with E-state index in [-0.39, 0.29) is 5.96 Å². The Morgan fingerprint density at radius 3 is 2.52 bits per heavy atom. The molecular formula is C26H33ClN12O3. The summed E-state index contributed by atoms with van der Waals surface area (Å²) >= 11 is 5.39. The fraction of sp³-hybridized carbons (Fsp3) is 0.346. The number of halogens is 1. The van der Waals surface area contributed by atoms with E-state index in [0.717, 1.165) is 5.56 Å². The van der Waals surface area contributed by atoms with Crippen LogP contribution >= 0.6 is 11.8 Å². The van der Waals surface area contributed by atoms with Crippen LogP contribution in [-0.4, -0.2) is 68.2 Å². The van der Waals surface area contributed by atoms with Gasteiger partial charge in [-0.1, -0.05) is 5.21 Å². The van der Waals surface area contributed by atoms with Crippen LogP contribution in [0.4, 0.5) is 16.6 Å². The zero-order chi connectivity index (χ0) is 30.3. The molecule has 16 heteroatoms. The number of fused-ring (bicyclic) bond motifs is 1. The van der Waals surface area contributed by atoms with E-state index in [2.05, 4.69) is 46.1 Å². The molecule has 4 aromatic rings. The molecule has 42 heavy (non-hydrogen) atoms. The minimum absolute atomic E-state index is 0.129. The quantitative estimate of drug-likeness (QED) is 0.103. The number of carbonyl (C=O) groups excluding carboxylic acids is 1. The number of nitrogens with two attached hydrogens (primary N) is 1. The zero-order valence-corrected chi connectivity index (χ0v) is 24.7. The lowest BCUT2D eigenvalue weighted by molar-refractivity contribution is 0.243. The first-order valence-electron chi connectivity index (χ1n) is 12.9. The van der Waals surface area contributed by atoms with Gasteiger partial charge in [0, 0.05) is 40.5 Å². The van der Waals surface area contributed by atoms with Gasteiger partial charge in [0.2, 0.25) is 11.9 Å². The highest BCUT2D eigenvalue weighted by atomic mass is 35.5.